The van der Waals surface area contributed by atoms with Gasteiger partial charge in [0.25, 0.3) is 0 Å². The van der Waals surface area contributed by atoms with Crippen LogP contribution >= 0.6 is 34.8 Å². The van der Waals surface area contributed by atoms with Gasteiger partial charge in [-0.05, 0) is 98.0 Å². The minimum Gasteiger partial charge on any atom is -0.486 e. The Hall–Kier alpha value is -2.88. The van der Waals surface area contributed by atoms with Gasteiger partial charge in [-0.1, -0.05) is 46.9 Å². The van der Waals surface area contributed by atoms with Crippen LogP contribution in [0.3, 0.4) is 0 Å². The van der Waals surface area contributed by atoms with Crippen LogP contribution in [0.25, 0.3) is 0 Å². The molecule has 2 saturated heterocycles. The topological polar surface area (TPSA) is 86.8 Å². The molecule has 3 aromatic rings. The molecule has 2 aliphatic heterocycles. The normalized spacial score (nSPS) is 23.0. The molecular weight excluding hydrogens is 657 g/mol. The van der Waals surface area contributed by atoms with Crippen LogP contribution in [0.1, 0.15) is 61.3 Å². The number of piperidine rings is 1. The van der Waals surface area contributed by atoms with Crippen molar-refractivity contribution in [3.63, 3.8) is 0 Å². The number of carbonyl (C=O) groups is 2. The van der Waals surface area contributed by atoms with Gasteiger partial charge in [0.15, 0.2) is 5.75 Å². The zero-order valence-corrected chi connectivity index (χ0v) is 29.2. The number of ether oxygens (including phenoxy) is 1. The van der Waals surface area contributed by atoms with Gasteiger partial charge in [-0.15, -0.1) is 0 Å². The fourth-order valence-electron chi connectivity index (χ4n) is 7.00. The number of pyridine rings is 1. The second-order valence-corrected chi connectivity index (χ2v) is 14.4. The first kappa shape index (κ1) is 34.0. The van der Waals surface area contributed by atoms with E-state index in [0.29, 0.717) is 53.3 Å². The lowest BCUT2D eigenvalue weighted by molar-refractivity contribution is -0.140. The second kappa shape index (κ2) is 14.7. The number of rotatable bonds is 11. The minimum absolute atomic E-state index is 0.0212. The van der Waals surface area contributed by atoms with E-state index in [1.54, 1.807) is 12.4 Å². The fourth-order valence-corrected chi connectivity index (χ4v) is 7.86. The van der Waals surface area contributed by atoms with Gasteiger partial charge in [-0.2, -0.15) is 0 Å². The highest BCUT2D eigenvalue weighted by Gasteiger charge is 2.49. The Morgan fingerprint density at radius 2 is 1.79 bits per heavy atom. The first-order valence-electron chi connectivity index (χ1n) is 16.5. The van der Waals surface area contributed by atoms with Crippen LogP contribution in [0.4, 0.5) is 0 Å². The number of hydrogen-bond acceptors (Lipinski definition) is 6. The van der Waals surface area contributed by atoms with Gasteiger partial charge < -0.3 is 20.3 Å². The van der Waals surface area contributed by atoms with Crippen molar-refractivity contribution in [3.8, 4) is 5.75 Å². The van der Waals surface area contributed by atoms with Crippen LogP contribution in [-0.2, 0) is 28.0 Å². The third-order valence-corrected chi connectivity index (χ3v) is 10.6. The highest BCUT2D eigenvalue weighted by atomic mass is 35.5. The van der Waals surface area contributed by atoms with Crippen LogP contribution in [0.2, 0.25) is 15.1 Å². The lowest BCUT2D eigenvalue weighted by atomic mass is 9.73. The van der Waals surface area contributed by atoms with Gasteiger partial charge in [-0.25, -0.2) is 0 Å². The number of carbonyl (C=O) groups excluding carboxylic acids is 2. The Labute approximate surface area is 292 Å². The lowest BCUT2D eigenvalue weighted by Gasteiger charge is -2.45. The molecule has 2 unspecified atom stereocenters. The summed E-state index contributed by atoms with van der Waals surface area (Å²) in [6, 6.07) is 13.9. The third kappa shape index (κ3) is 7.89. The number of aromatic nitrogens is 1. The van der Waals surface area contributed by atoms with Crippen molar-refractivity contribution in [3.05, 3.63) is 92.2 Å². The summed E-state index contributed by atoms with van der Waals surface area (Å²) in [4.78, 5) is 34.9. The van der Waals surface area contributed by atoms with E-state index in [2.05, 4.69) is 31.5 Å². The van der Waals surface area contributed by atoms with E-state index in [9.17, 15) is 9.59 Å². The predicted molar refractivity (Wildman–Crippen MR) is 186 cm³/mol. The molecule has 3 aliphatic rings. The summed E-state index contributed by atoms with van der Waals surface area (Å²) in [5.41, 5.74) is 3.25. The van der Waals surface area contributed by atoms with Gasteiger partial charge in [0, 0.05) is 63.1 Å². The molecule has 0 bridgehead atoms. The molecule has 0 radical (unpaired) electrons. The summed E-state index contributed by atoms with van der Waals surface area (Å²) in [5.74, 6) is 0.621. The number of amides is 2. The summed E-state index contributed by atoms with van der Waals surface area (Å²) in [6.07, 6.45) is 8.70. The Bertz CT molecular complexity index is 1570. The number of hydrogen-bond donors (Lipinski definition) is 2. The van der Waals surface area contributed by atoms with Crippen LogP contribution in [0, 0.1) is 6.92 Å². The molecule has 1 saturated carbocycles. The molecule has 47 heavy (non-hydrogen) atoms. The molecule has 3 fully saturated rings. The summed E-state index contributed by atoms with van der Waals surface area (Å²) in [6.45, 7) is 6.62. The molecule has 8 nitrogen and oxygen atoms in total. The first-order chi connectivity index (χ1) is 22.6. The number of nitrogens with one attached hydrogen (secondary N) is 2. The van der Waals surface area contributed by atoms with Crippen molar-refractivity contribution in [1.29, 1.82) is 0 Å². The molecule has 3 atom stereocenters. The maximum atomic E-state index is 14.8. The lowest BCUT2D eigenvalue weighted by Crippen LogP contribution is -2.60. The fraction of sp³-hybridized carbons (Fsp3) is 0.472. The molecule has 1 aromatic heterocycles. The smallest absolute Gasteiger partial charge is 0.235 e. The van der Waals surface area contributed by atoms with E-state index in [0.717, 1.165) is 61.0 Å². The zero-order chi connectivity index (χ0) is 33.1. The van der Waals surface area contributed by atoms with E-state index < -0.39 is 5.41 Å². The van der Waals surface area contributed by atoms with Gasteiger partial charge in [-0.3, -0.25) is 19.5 Å². The maximum Gasteiger partial charge on any atom is 0.235 e. The van der Waals surface area contributed by atoms with Gasteiger partial charge >= 0.3 is 0 Å². The molecule has 2 aromatic carbocycles. The SMILES string of the molecule is CC(=O)NCCc1ccc(Cl)c(CN(C(=O)C2(c3ccncc3)CCC(N3CC[C@@H](Oc4c(Cl)cc(C)cc4Cl)C3)NC2)C2CC2)c1. The summed E-state index contributed by atoms with van der Waals surface area (Å²) in [7, 11) is 0. The molecular formula is C36H42Cl3N5O3. The zero-order valence-electron chi connectivity index (χ0n) is 26.9. The van der Waals surface area contributed by atoms with Crippen LogP contribution in [0.15, 0.2) is 54.9 Å². The van der Waals surface area contributed by atoms with Crippen LogP contribution < -0.4 is 15.4 Å². The van der Waals surface area contributed by atoms with Crippen molar-refractivity contribution in [2.24, 2.45) is 0 Å². The van der Waals surface area contributed by atoms with Crippen molar-refractivity contribution in [2.45, 2.75) is 82.6 Å². The molecule has 2 N–H and O–H groups in total. The Morgan fingerprint density at radius 3 is 2.45 bits per heavy atom. The average molecular weight is 699 g/mol. The van der Waals surface area contributed by atoms with Crippen molar-refractivity contribution < 1.29 is 14.3 Å². The minimum atomic E-state index is -0.726. The number of nitrogens with zero attached hydrogens (tertiary/aromatic N) is 3. The van der Waals surface area contributed by atoms with E-state index in [1.807, 2.05) is 43.3 Å². The molecule has 0 spiro atoms. The summed E-state index contributed by atoms with van der Waals surface area (Å²) in [5, 5.41) is 8.33. The number of likely N-dealkylation sites (tertiary alicyclic amines) is 1. The Balaban J connectivity index is 1.16. The van der Waals surface area contributed by atoms with Crippen molar-refractivity contribution in [1.82, 2.24) is 25.4 Å². The number of halogens is 3. The maximum absolute atomic E-state index is 14.8. The van der Waals surface area contributed by atoms with E-state index in [-0.39, 0.29) is 30.1 Å². The number of aryl methyl sites for hydroxylation is 1. The standard InChI is InChI=1S/C36H42Cl3N5O3/c1-23-17-31(38)34(32(39)18-23)47-29-11-16-43(21-29)33-7-12-36(22-42-33,27-9-13-40-14-10-27)35(46)44(28-4-5-28)20-26-19-25(3-6-30(26)37)8-15-41-24(2)45/h3,6,9-10,13-14,17-19,28-29,33,42H,4-5,7-8,11-12,15-16,20-22H2,1-2H3,(H,41,45)/t29-,33?,36?/m1/s1. The first-order valence-corrected chi connectivity index (χ1v) is 17.6. The van der Waals surface area contributed by atoms with Crippen molar-refractivity contribution >= 4 is 46.6 Å². The predicted octanol–water partition coefficient (Wildman–Crippen LogP) is 6.32. The Morgan fingerprint density at radius 1 is 1.04 bits per heavy atom. The van der Waals surface area contributed by atoms with E-state index >= 15 is 0 Å². The molecule has 3 heterocycles. The Kier molecular flexibility index (Phi) is 10.6. The van der Waals surface area contributed by atoms with E-state index in [1.165, 1.54) is 6.92 Å². The quantitative estimate of drug-likeness (QED) is 0.244. The largest absolute Gasteiger partial charge is 0.486 e. The second-order valence-electron chi connectivity index (χ2n) is 13.2. The van der Waals surface area contributed by atoms with E-state index in [4.69, 9.17) is 39.5 Å². The molecule has 1 aliphatic carbocycles. The van der Waals surface area contributed by atoms with Gasteiger partial charge in [0.1, 0.15) is 6.10 Å². The van der Waals surface area contributed by atoms with Crippen molar-refractivity contribution in [2.75, 3.05) is 26.2 Å². The van der Waals surface area contributed by atoms with Gasteiger partial charge in [0.2, 0.25) is 11.8 Å². The molecule has 11 heteroatoms. The average Bonchev–Trinajstić information content (AvgIpc) is 3.79. The monoisotopic (exact) mass is 697 g/mol. The number of benzene rings is 2. The molecule has 2 amide bonds. The van der Waals surface area contributed by atoms with Crippen LogP contribution in [-0.4, -0.2) is 71.1 Å². The molecule has 250 valence electrons. The van der Waals surface area contributed by atoms with Gasteiger partial charge in [0.05, 0.1) is 21.6 Å². The third-order valence-electron chi connectivity index (χ3n) is 9.66. The highest BCUT2D eigenvalue weighted by molar-refractivity contribution is 6.37. The van der Waals surface area contributed by atoms with Crippen LogP contribution in [0.5, 0.6) is 5.75 Å². The highest BCUT2D eigenvalue weighted by Crippen LogP contribution is 2.41. The molecule has 6 rings (SSSR count). The summed E-state index contributed by atoms with van der Waals surface area (Å²) < 4.78 is 6.30. The summed E-state index contributed by atoms with van der Waals surface area (Å²) >= 11 is 19.7.